The molecule has 2 aromatic heterocycles. The highest BCUT2D eigenvalue weighted by Crippen LogP contribution is 2.32. The van der Waals surface area contributed by atoms with Crippen LogP contribution in [0.3, 0.4) is 0 Å². The number of nitrogens with zero attached hydrogens (tertiary/aromatic N) is 4. The molecule has 2 aromatic carbocycles. The van der Waals surface area contributed by atoms with Crippen LogP contribution in [0.15, 0.2) is 54.7 Å². The second-order valence-electron chi connectivity index (χ2n) is 14.8. The molecule has 11 heteroatoms. The van der Waals surface area contributed by atoms with Crippen molar-refractivity contribution >= 4 is 48.3 Å². The summed E-state index contributed by atoms with van der Waals surface area (Å²) in [4.78, 5) is 22.0. The van der Waals surface area contributed by atoms with Gasteiger partial charge in [0.1, 0.15) is 18.0 Å². The van der Waals surface area contributed by atoms with Crippen LogP contribution in [-0.4, -0.2) is 52.0 Å². The Morgan fingerprint density at radius 3 is 2.55 bits per heavy atom. The van der Waals surface area contributed by atoms with Crippen molar-refractivity contribution < 1.29 is 14.3 Å². The van der Waals surface area contributed by atoms with Crippen molar-refractivity contribution in [2.75, 3.05) is 17.2 Å². The molecule has 47 heavy (non-hydrogen) atoms. The highest BCUT2D eigenvalue weighted by Gasteiger charge is 2.26. The van der Waals surface area contributed by atoms with E-state index in [1.54, 1.807) is 0 Å². The van der Waals surface area contributed by atoms with Gasteiger partial charge in [0.15, 0.2) is 5.65 Å². The number of anilines is 2. The molecule has 1 aliphatic carbocycles. The van der Waals surface area contributed by atoms with Crippen LogP contribution in [0, 0.1) is 5.92 Å². The summed E-state index contributed by atoms with van der Waals surface area (Å²) in [5, 5.41) is 13.7. The first-order valence-corrected chi connectivity index (χ1v) is 20.8. The molecule has 0 spiro atoms. The summed E-state index contributed by atoms with van der Waals surface area (Å²) in [5.41, 5.74) is 4.07. The second-order valence-corrected chi connectivity index (χ2v) is 20.8. The molecule has 2 heterocycles. The summed E-state index contributed by atoms with van der Waals surface area (Å²) in [6.45, 7) is 14.4. The standard InChI is InChI=1S/C36H49ClN6O3Si/c1-36(2,3)46-32(44)20-25-14-16-28(17-15-25)40-35-39-23-30-33(42-43(34(30)41-35)24-45-18-19-47(4,5)6)26-11-9-12-29(21-26)38-22-27-10-7-8-13-31(27)37/h7-13,21,23,25,28,38H,14-20,22,24H2,1-6H3,(H,39,40,41). The first-order valence-electron chi connectivity index (χ1n) is 16.7. The van der Waals surface area contributed by atoms with Gasteiger partial charge in [0.2, 0.25) is 5.95 Å². The highest BCUT2D eigenvalue weighted by molar-refractivity contribution is 6.76. The Hall–Kier alpha value is -3.47. The fraction of sp³-hybridized carbons (Fsp3) is 0.500. The number of rotatable bonds is 13. The number of aromatic nitrogens is 4. The average Bonchev–Trinajstić information content (AvgIpc) is 3.36. The lowest BCUT2D eigenvalue weighted by Crippen LogP contribution is -2.30. The van der Waals surface area contributed by atoms with Gasteiger partial charge in [0.05, 0.1) is 5.39 Å². The molecule has 0 amide bonds. The predicted molar refractivity (Wildman–Crippen MR) is 193 cm³/mol. The van der Waals surface area contributed by atoms with Crippen molar-refractivity contribution in [2.24, 2.45) is 5.92 Å². The van der Waals surface area contributed by atoms with Crippen LogP contribution in [0.25, 0.3) is 22.3 Å². The monoisotopic (exact) mass is 676 g/mol. The first kappa shape index (κ1) is 34.9. The van der Waals surface area contributed by atoms with Gasteiger partial charge >= 0.3 is 5.97 Å². The summed E-state index contributed by atoms with van der Waals surface area (Å²) in [5.74, 6) is 0.817. The van der Waals surface area contributed by atoms with Crippen molar-refractivity contribution in [1.82, 2.24) is 19.7 Å². The van der Waals surface area contributed by atoms with Crippen LogP contribution in [0.5, 0.6) is 0 Å². The highest BCUT2D eigenvalue weighted by atomic mass is 35.5. The van der Waals surface area contributed by atoms with Crippen LogP contribution >= 0.6 is 11.6 Å². The van der Waals surface area contributed by atoms with Crippen LogP contribution in [0.1, 0.15) is 58.4 Å². The molecule has 1 aliphatic rings. The number of carbonyl (C=O) groups is 1. The predicted octanol–water partition coefficient (Wildman–Crippen LogP) is 8.77. The number of fused-ring (bicyclic) bond motifs is 1. The van der Waals surface area contributed by atoms with Crippen molar-refractivity contribution in [2.45, 2.75) is 103 Å². The maximum absolute atomic E-state index is 12.3. The molecular formula is C36H49ClN6O3Si. The third-order valence-corrected chi connectivity index (χ3v) is 10.4. The largest absolute Gasteiger partial charge is 0.460 e. The molecule has 1 saturated carbocycles. The van der Waals surface area contributed by atoms with E-state index in [2.05, 4.69) is 42.4 Å². The van der Waals surface area contributed by atoms with Crippen LogP contribution < -0.4 is 10.6 Å². The van der Waals surface area contributed by atoms with Gasteiger partial charge < -0.3 is 20.1 Å². The van der Waals surface area contributed by atoms with Gasteiger partial charge in [-0.2, -0.15) is 10.1 Å². The summed E-state index contributed by atoms with van der Waals surface area (Å²) < 4.78 is 13.5. The van der Waals surface area contributed by atoms with E-state index in [0.717, 1.165) is 70.3 Å². The lowest BCUT2D eigenvalue weighted by molar-refractivity contribution is -0.156. The van der Waals surface area contributed by atoms with E-state index < -0.39 is 13.7 Å². The number of carbonyl (C=O) groups excluding carboxylic acids is 1. The SMILES string of the molecule is CC(C)(C)OC(=O)CC1CCC(Nc2ncc3c(-c4cccc(NCc5ccccc5Cl)c4)nn(COCC[Si](C)(C)C)c3n2)CC1. The molecule has 0 aliphatic heterocycles. The molecule has 0 atom stereocenters. The Kier molecular flexibility index (Phi) is 11.2. The number of hydrogen-bond donors (Lipinski definition) is 2. The quantitative estimate of drug-likeness (QED) is 0.0823. The number of hydrogen-bond acceptors (Lipinski definition) is 8. The summed E-state index contributed by atoms with van der Waals surface area (Å²) in [6.07, 6.45) is 6.17. The Morgan fingerprint density at radius 1 is 1.06 bits per heavy atom. The Balaban J connectivity index is 1.31. The van der Waals surface area contributed by atoms with E-state index in [1.807, 2.05) is 68.0 Å². The molecule has 252 valence electrons. The average molecular weight is 677 g/mol. The van der Waals surface area contributed by atoms with Crippen molar-refractivity contribution in [1.29, 1.82) is 0 Å². The maximum Gasteiger partial charge on any atom is 0.306 e. The minimum absolute atomic E-state index is 0.110. The number of esters is 1. The third kappa shape index (κ3) is 10.3. The fourth-order valence-electron chi connectivity index (χ4n) is 5.79. The number of ether oxygens (including phenoxy) is 2. The lowest BCUT2D eigenvalue weighted by Gasteiger charge is -2.29. The molecule has 2 N–H and O–H groups in total. The van der Waals surface area contributed by atoms with E-state index in [1.165, 1.54) is 0 Å². The summed E-state index contributed by atoms with van der Waals surface area (Å²) >= 11 is 6.38. The zero-order valence-electron chi connectivity index (χ0n) is 28.6. The van der Waals surface area contributed by atoms with E-state index in [9.17, 15) is 4.79 Å². The van der Waals surface area contributed by atoms with E-state index >= 15 is 0 Å². The normalized spacial score (nSPS) is 17.1. The summed E-state index contributed by atoms with van der Waals surface area (Å²) in [7, 11) is -1.23. The Morgan fingerprint density at radius 2 is 1.83 bits per heavy atom. The topological polar surface area (TPSA) is 103 Å². The molecule has 9 nitrogen and oxygen atoms in total. The van der Waals surface area contributed by atoms with E-state index in [4.69, 9.17) is 36.1 Å². The second kappa shape index (κ2) is 15.2. The van der Waals surface area contributed by atoms with Crippen molar-refractivity contribution in [3.63, 3.8) is 0 Å². The number of nitrogens with one attached hydrogen (secondary N) is 2. The molecular weight excluding hydrogens is 628 g/mol. The van der Waals surface area contributed by atoms with Crippen molar-refractivity contribution in [3.8, 4) is 11.3 Å². The minimum Gasteiger partial charge on any atom is -0.460 e. The van der Waals surface area contributed by atoms with Gasteiger partial charge in [-0.15, -0.1) is 0 Å². The minimum atomic E-state index is -1.23. The van der Waals surface area contributed by atoms with Crippen LogP contribution in [-0.2, 0) is 27.5 Å². The van der Waals surface area contributed by atoms with Gasteiger partial charge in [-0.3, -0.25) is 4.79 Å². The van der Waals surface area contributed by atoms with Crippen molar-refractivity contribution in [3.05, 3.63) is 65.3 Å². The van der Waals surface area contributed by atoms with E-state index in [0.29, 0.717) is 38.2 Å². The first-order chi connectivity index (χ1) is 22.3. The molecule has 0 unspecified atom stereocenters. The fourth-order valence-corrected chi connectivity index (χ4v) is 6.75. The molecule has 5 rings (SSSR count). The third-order valence-electron chi connectivity index (χ3n) is 8.33. The Labute approximate surface area is 284 Å². The lowest BCUT2D eigenvalue weighted by atomic mass is 9.84. The van der Waals surface area contributed by atoms with Gasteiger partial charge in [0, 0.05) is 56.2 Å². The molecule has 4 aromatic rings. The number of benzene rings is 2. The van der Waals surface area contributed by atoms with E-state index in [-0.39, 0.29) is 12.0 Å². The maximum atomic E-state index is 12.3. The van der Waals surface area contributed by atoms with Gasteiger partial charge in [-0.05, 0) is 82.2 Å². The Bertz CT molecular complexity index is 1660. The van der Waals surface area contributed by atoms with Crippen LogP contribution in [0.4, 0.5) is 11.6 Å². The van der Waals surface area contributed by atoms with Crippen LogP contribution in [0.2, 0.25) is 30.7 Å². The molecule has 0 bridgehead atoms. The van der Waals surface area contributed by atoms with Gasteiger partial charge in [-0.25, -0.2) is 9.67 Å². The zero-order chi connectivity index (χ0) is 33.6. The van der Waals surface area contributed by atoms with Gasteiger partial charge in [0.25, 0.3) is 0 Å². The molecule has 0 saturated heterocycles. The van der Waals surface area contributed by atoms with Gasteiger partial charge in [-0.1, -0.05) is 61.6 Å². The zero-order valence-corrected chi connectivity index (χ0v) is 30.4. The molecule has 1 fully saturated rings. The number of halogens is 1. The summed E-state index contributed by atoms with van der Waals surface area (Å²) in [6, 6.07) is 17.4. The smallest absolute Gasteiger partial charge is 0.306 e. The molecule has 0 radical (unpaired) electrons.